The van der Waals surface area contributed by atoms with Crippen LogP contribution < -0.4 is 4.72 Å². The van der Waals surface area contributed by atoms with Gasteiger partial charge in [-0.25, -0.2) is 8.42 Å². The van der Waals surface area contributed by atoms with Gasteiger partial charge in [0.1, 0.15) is 4.90 Å². The van der Waals surface area contributed by atoms with Crippen molar-refractivity contribution in [2.24, 2.45) is 0 Å². The maximum Gasteiger partial charge on any atom is 0.263 e. The maximum absolute atomic E-state index is 12.5. The zero-order chi connectivity index (χ0) is 15.0. The second kappa shape index (κ2) is 5.40. The molecule has 0 aliphatic carbocycles. The predicted octanol–water partition coefficient (Wildman–Crippen LogP) is 4.17. The van der Waals surface area contributed by atoms with Crippen LogP contribution in [0.5, 0.6) is 0 Å². The molecule has 2 aromatic heterocycles. The molecule has 0 aliphatic rings. The molecule has 0 aliphatic heterocycles. The van der Waals surface area contributed by atoms with Gasteiger partial charge in [-0.1, -0.05) is 12.1 Å². The number of halogens is 1. The van der Waals surface area contributed by atoms with Gasteiger partial charge in [-0.05, 0) is 41.1 Å². The highest BCUT2D eigenvalue weighted by Crippen LogP contribution is 2.32. The summed E-state index contributed by atoms with van der Waals surface area (Å²) < 4.78 is 28.5. The van der Waals surface area contributed by atoms with E-state index >= 15 is 0 Å². The van der Waals surface area contributed by atoms with Crippen LogP contribution in [-0.2, 0) is 10.0 Å². The van der Waals surface area contributed by atoms with E-state index in [0.717, 1.165) is 19.4 Å². The van der Waals surface area contributed by atoms with E-state index in [0.29, 0.717) is 10.6 Å². The van der Waals surface area contributed by atoms with Crippen molar-refractivity contribution < 1.29 is 8.42 Å². The lowest BCUT2D eigenvalue weighted by molar-refractivity contribution is 0.601. The second-order valence-electron chi connectivity index (χ2n) is 4.48. The van der Waals surface area contributed by atoms with Gasteiger partial charge in [0.05, 0.1) is 9.47 Å². The van der Waals surface area contributed by atoms with Crippen LogP contribution in [0.2, 0.25) is 0 Å². The normalized spacial score (nSPS) is 11.7. The summed E-state index contributed by atoms with van der Waals surface area (Å²) in [6.07, 6.45) is 3.35. The first-order valence-corrected chi connectivity index (χ1v) is 9.18. The molecular weight excluding hydrogens is 372 g/mol. The van der Waals surface area contributed by atoms with Crippen LogP contribution in [0.25, 0.3) is 10.8 Å². The van der Waals surface area contributed by atoms with Crippen molar-refractivity contribution in [3.63, 3.8) is 0 Å². The summed E-state index contributed by atoms with van der Waals surface area (Å²) in [5.41, 5.74) is 0.552. The molecule has 4 nitrogen and oxygen atoms in total. The van der Waals surface area contributed by atoms with Gasteiger partial charge >= 0.3 is 0 Å². The molecule has 0 spiro atoms. The Morgan fingerprint density at radius 3 is 2.81 bits per heavy atom. The molecule has 1 N–H and O–H groups in total. The first-order chi connectivity index (χ1) is 9.97. The van der Waals surface area contributed by atoms with E-state index in [1.807, 2.05) is 6.07 Å². The van der Waals surface area contributed by atoms with E-state index in [-0.39, 0.29) is 0 Å². The monoisotopic (exact) mass is 382 g/mol. The number of aromatic nitrogens is 1. The van der Waals surface area contributed by atoms with Gasteiger partial charge in [-0.15, -0.1) is 11.3 Å². The number of rotatable bonds is 3. The molecule has 7 heteroatoms. The first kappa shape index (κ1) is 14.5. The minimum absolute atomic E-state index is 0.297. The smallest absolute Gasteiger partial charge is 0.263 e. The number of sulfonamides is 1. The van der Waals surface area contributed by atoms with Crippen LogP contribution in [0.3, 0.4) is 0 Å². The lowest BCUT2D eigenvalue weighted by atomic mass is 10.1. The Bertz CT molecular complexity index is 914. The number of hydrogen-bond acceptors (Lipinski definition) is 4. The van der Waals surface area contributed by atoms with Crippen LogP contribution >= 0.6 is 27.3 Å². The molecular formula is C14H11BrN2O2S2. The number of thiophene rings is 1. The molecule has 0 amide bonds. The third kappa shape index (κ3) is 2.81. The van der Waals surface area contributed by atoms with Crippen LogP contribution in [0.1, 0.15) is 4.88 Å². The third-order valence-electron chi connectivity index (χ3n) is 3.06. The summed E-state index contributed by atoms with van der Waals surface area (Å²) in [6, 6.07) is 8.86. The first-order valence-electron chi connectivity index (χ1n) is 6.09. The van der Waals surface area contributed by atoms with Crippen molar-refractivity contribution in [3.05, 3.63) is 51.4 Å². The fraction of sp³-hybridized carbons (Fsp3) is 0.0714. The number of aryl methyl sites for hydroxylation is 1. The Morgan fingerprint density at radius 1 is 1.29 bits per heavy atom. The van der Waals surface area contributed by atoms with Gasteiger partial charge in [0, 0.05) is 28.0 Å². The van der Waals surface area contributed by atoms with E-state index in [9.17, 15) is 8.42 Å². The largest absolute Gasteiger partial charge is 0.279 e. The molecule has 0 saturated heterocycles. The van der Waals surface area contributed by atoms with Crippen LogP contribution in [0.15, 0.2) is 51.4 Å². The van der Waals surface area contributed by atoms with E-state index in [1.54, 1.807) is 43.6 Å². The Kier molecular flexibility index (Phi) is 3.73. The number of fused-ring (bicyclic) bond motifs is 1. The van der Waals surface area contributed by atoms with Gasteiger partial charge < -0.3 is 0 Å². The number of pyridine rings is 1. The number of nitrogens with one attached hydrogen (secondary N) is 1. The Hall–Kier alpha value is -1.44. The quantitative estimate of drug-likeness (QED) is 0.739. The molecule has 2 heterocycles. The highest BCUT2D eigenvalue weighted by atomic mass is 79.9. The Balaban J connectivity index is 2.08. The Morgan fingerprint density at radius 2 is 2.10 bits per heavy atom. The summed E-state index contributed by atoms with van der Waals surface area (Å²) >= 11 is 4.72. The van der Waals surface area contributed by atoms with E-state index in [1.165, 1.54) is 11.3 Å². The van der Waals surface area contributed by atoms with E-state index < -0.39 is 10.0 Å². The second-order valence-corrected chi connectivity index (χ2v) is 8.77. The van der Waals surface area contributed by atoms with Gasteiger partial charge in [0.2, 0.25) is 0 Å². The van der Waals surface area contributed by atoms with E-state index in [4.69, 9.17) is 0 Å². The molecule has 0 bridgehead atoms. The maximum atomic E-state index is 12.5. The highest BCUT2D eigenvalue weighted by Gasteiger charge is 2.20. The van der Waals surface area contributed by atoms with Crippen LogP contribution in [0, 0.1) is 6.92 Å². The van der Waals surface area contributed by atoms with Gasteiger partial charge in [0.15, 0.2) is 0 Å². The lowest BCUT2D eigenvalue weighted by Gasteiger charge is -2.10. The van der Waals surface area contributed by atoms with Crippen molar-refractivity contribution in [1.82, 2.24) is 4.98 Å². The summed E-state index contributed by atoms with van der Waals surface area (Å²) in [7, 11) is -3.60. The van der Waals surface area contributed by atoms with Gasteiger partial charge in [0.25, 0.3) is 10.0 Å². The van der Waals surface area contributed by atoms with Gasteiger partial charge in [-0.3, -0.25) is 9.71 Å². The van der Waals surface area contributed by atoms with Gasteiger partial charge in [-0.2, -0.15) is 0 Å². The number of anilines is 1. The summed E-state index contributed by atoms with van der Waals surface area (Å²) in [6.45, 7) is 1.79. The minimum Gasteiger partial charge on any atom is -0.279 e. The average molecular weight is 383 g/mol. The van der Waals surface area contributed by atoms with Crippen molar-refractivity contribution >= 4 is 53.7 Å². The van der Waals surface area contributed by atoms with Crippen molar-refractivity contribution in [2.75, 3.05) is 4.72 Å². The summed E-state index contributed by atoms with van der Waals surface area (Å²) in [4.78, 5) is 5.09. The Labute approximate surface area is 135 Å². The summed E-state index contributed by atoms with van der Waals surface area (Å²) in [5, 5.41) is 1.71. The van der Waals surface area contributed by atoms with Crippen molar-refractivity contribution in [1.29, 1.82) is 0 Å². The molecule has 1 aromatic carbocycles. The topological polar surface area (TPSA) is 59.1 Å². The SMILES string of the molecule is Cc1sc(Br)cc1S(=O)(=O)Nc1cccc2cnccc12. The number of hydrogen-bond donors (Lipinski definition) is 1. The third-order valence-corrected chi connectivity index (χ3v) is 6.23. The van der Waals surface area contributed by atoms with Crippen molar-refractivity contribution in [3.8, 4) is 0 Å². The number of nitrogens with zero attached hydrogens (tertiary/aromatic N) is 1. The molecule has 0 fully saturated rings. The predicted molar refractivity (Wildman–Crippen MR) is 89.3 cm³/mol. The zero-order valence-corrected chi connectivity index (χ0v) is 14.2. The average Bonchev–Trinajstić information content (AvgIpc) is 2.79. The van der Waals surface area contributed by atoms with Crippen LogP contribution in [0.4, 0.5) is 5.69 Å². The fourth-order valence-corrected chi connectivity index (χ4v) is 5.60. The molecule has 0 atom stereocenters. The standard InChI is InChI=1S/C14H11BrN2O2S2/c1-9-13(7-14(15)20-9)21(18,19)17-12-4-2-3-10-8-16-6-5-11(10)12/h2-8,17H,1H3. The highest BCUT2D eigenvalue weighted by molar-refractivity contribution is 9.11. The van der Waals surface area contributed by atoms with E-state index in [2.05, 4.69) is 25.6 Å². The van der Waals surface area contributed by atoms with Crippen LogP contribution in [-0.4, -0.2) is 13.4 Å². The van der Waals surface area contributed by atoms with Crippen molar-refractivity contribution in [2.45, 2.75) is 11.8 Å². The molecule has 0 unspecified atom stereocenters. The molecule has 0 saturated carbocycles. The molecule has 0 radical (unpaired) electrons. The number of benzene rings is 1. The molecule has 21 heavy (non-hydrogen) atoms. The minimum atomic E-state index is -3.60. The fourth-order valence-electron chi connectivity index (χ4n) is 2.11. The lowest BCUT2D eigenvalue weighted by Crippen LogP contribution is -2.13. The zero-order valence-electron chi connectivity index (χ0n) is 11.0. The molecule has 108 valence electrons. The molecule has 3 rings (SSSR count). The summed E-state index contributed by atoms with van der Waals surface area (Å²) in [5.74, 6) is 0. The molecule has 3 aromatic rings.